The third kappa shape index (κ3) is 6.18. The van der Waals surface area contributed by atoms with Crippen LogP contribution in [0, 0.1) is 16.7 Å². The molecule has 2 bridgehead atoms. The minimum absolute atomic E-state index is 0.0691. The van der Waals surface area contributed by atoms with Crippen molar-refractivity contribution in [3.05, 3.63) is 11.6 Å². The first-order valence-electron chi connectivity index (χ1n) is 17.0. The number of ether oxygens (including phenoxy) is 4. The highest BCUT2D eigenvalue weighted by Gasteiger charge is 2.72. The number of carbonyl (C=O) groups excluding carboxylic acids is 2. The third-order valence-electron chi connectivity index (χ3n) is 12.1. The molecule has 1 unspecified atom stereocenters. The molecule has 2 amide bonds. The second-order valence-electron chi connectivity index (χ2n) is 15.0. The highest BCUT2D eigenvalue weighted by Crippen LogP contribution is 2.60. The average molecular weight is 602 g/mol. The second kappa shape index (κ2) is 12.3. The first-order valence-corrected chi connectivity index (χ1v) is 17.0. The summed E-state index contributed by atoms with van der Waals surface area (Å²) in [5, 5.41) is 10.1. The first-order chi connectivity index (χ1) is 20.7. The van der Waals surface area contributed by atoms with Crippen molar-refractivity contribution < 1.29 is 28.5 Å². The maximum atomic E-state index is 14.0. The number of amides is 2. The monoisotopic (exact) mass is 601 g/mol. The van der Waals surface area contributed by atoms with E-state index in [9.17, 15) is 9.59 Å². The van der Waals surface area contributed by atoms with Crippen LogP contribution in [0.15, 0.2) is 11.6 Å². The SMILES string of the molecule is CO[C@H]1[C@H](C2(C)O[C@@H]2CC=C(C)C)[C@]2(CC[C@H]1NC(=O)C13CCC(C(=O)NCCCOC[C@@H]4CCCN4)(CC1)CC3)CO2. The van der Waals surface area contributed by atoms with Crippen molar-refractivity contribution in [2.75, 3.05) is 40.0 Å². The average Bonchev–Trinajstić information content (AvgIpc) is 3.86. The van der Waals surface area contributed by atoms with Crippen LogP contribution in [0.25, 0.3) is 0 Å². The predicted octanol–water partition coefficient (Wildman–Crippen LogP) is 3.79. The van der Waals surface area contributed by atoms with E-state index in [0.29, 0.717) is 19.2 Å². The lowest BCUT2D eigenvalue weighted by Crippen LogP contribution is -2.62. The minimum Gasteiger partial charge on any atom is -0.380 e. The van der Waals surface area contributed by atoms with E-state index < -0.39 is 0 Å². The molecule has 3 saturated heterocycles. The molecule has 1 spiro atoms. The zero-order valence-corrected chi connectivity index (χ0v) is 26.9. The Bertz CT molecular complexity index is 1040. The zero-order chi connectivity index (χ0) is 30.3. The largest absolute Gasteiger partial charge is 0.380 e. The molecule has 0 aromatic carbocycles. The fourth-order valence-corrected chi connectivity index (χ4v) is 9.02. The normalized spacial score (nSPS) is 42.9. The summed E-state index contributed by atoms with van der Waals surface area (Å²) >= 11 is 0. The molecule has 4 aliphatic carbocycles. The Morgan fingerprint density at radius 1 is 1.02 bits per heavy atom. The van der Waals surface area contributed by atoms with Gasteiger partial charge in [0.2, 0.25) is 11.8 Å². The van der Waals surface area contributed by atoms with Crippen LogP contribution < -0.4 is 16.0 Å². The Morgan fingerprint density at radius 2 is 1.72 bits per heavy atom. The third-order valence-corrected chi connectivity index (χ3v) is 12.1. The molecule has 0 aromatic rings. The minimum atomic E-state index is -0.380. The van der Waals surface area contributed by atoms with E-state index in [4.69, 9.17) is 18.9 Å². The molecule has 0 radical (unpaired) electrons. The first kappa shape index (κ1) is 31.5. The van der Waals surface area contributed by atoms with Gasteiger partial charge in [0.25, 0.3) is 0 Å². The molecule has 4 saturated carbocycles. The van der Waals surface area contributed by atoms with Gasteiger partial charge in [-0.2, -0.15) is 0 Å². The summed E-state index contributed by atoms with van der Waals surface area (Å²) in [5.41, 5.74) is 0.0823. The van der Waals surface area contributed by atoms with Crippen LogP contribution in [-0.4, -0.2) is 87.3 Å². The van der Waals surface area contributed by atoms with Gasteiger partial charge in [-0.25, -0.2) is 0 Å². The van der Waals surface area contributed by atoms with Gasteiger partial charge in [0.15, 0.2) is 0 Å². The van der Waals surface area contributed by atoms with Crippen LogP contribution in [0.4, 0.5) is 0 Å². The number of nitrogens with one attached hydrogen (secondary N) is 3. The number of hydrogen-bond acceptors (Lipinski definition) is 7. The standard InChI is InChI=1S/C34H55N3O6/c1-23(2)8-9-26-31(3,43-26)28-27(40-4)25(10-11-34(28)22-42-34)37-30(39)33-15-12-32(13-16-33,14-17-33)29(38)36-19-6-20-41-21-24-7-5-18-35-24/h8,24-28,35H,5-7,9-22H2,1-4H3,(H,36,38)(H,37,39)/t24-,25+,26+,27+,28+,31?,32?,33?,34-/m0/s1. The topological polar surface area (TPSA) is 114 Å². The van der Waals surface area contributed by atoms with Crippen LogP contribution >= 0.6 is 0 Å². The molecule has 3 heterocycles. The Balaban J connectivity index is 0.998. The molecule has 3 N–H and O–H groups in total. The van der Waals surface area contributed by atoms with Crippen molar-refractivity contribution in [3.8, 4) is 0 Å². The predicted molar refractivity (Wildman–Crippen MR) is 163 cm³/mol. The lowest BCUT2D eigenvalue weighted by molar-refractivity contribution is -0.153. The van der Waals surface area contributed by atoms with Crippen molar-refractivity contribution in [2.24, 2.45) is 16.7 Å². The summed E-state index contributed by atoms with van der Waals surface area (Å²) in [4.78, 5) is 27.3. The summed E-state index contributed by atoms with van der Waals surface area (Å²) in [5.74, 6) is 0.399. The van der Waals surface area contributed by atoms with Crippen LogP contribution in [-0.2, 0) is 28.5 Å². The number of carbonyl (C=O) groups is 2. The van der Waals surface area contributed by atoms with Gasteiger partial charge in [-0.1, -0.05) is 11.6 Å². The molecule has 9 heteroatoms. The van der Waals surface area contributed by atoms with Gasteiger partial charge < -0.3 is 34.9 Å². The van der Waals surface area contributed by atoms with Crippen molar-refractivity contribution in [1.82, 2.24) is 16.0 Å². The van der Waals surface area contributed by atoms with Crippen LogP contribution in [0.5, 0.6) is 0 Å². The molecule has 0 aromatic heterocycles. The molecule has 7 aliphatic rings. The van der Waals surface area contributed by atoms with Crippen molar-refractivity contribution in [1.29, 1.82) is 0 Å². The van der Waals surface area contributed by atoms with Gasteiger partial charge in [-0.05, 0) is 104 Å². The number of fused-ring (bicyclic) bond motifs is 3. The van der Waals surface area contributed by atoms with Gasteiger partial charge in [0.05, 0.1) is 37.1 Å². The lowest BCUT2D eigenvalue weighted by atomic mass is 9.53. The summed E-state index contributed by atoms with van der Waals surface area (Å²) in [7, 11) is 1.76. The van der Waals surface area contributed by atoms with E-state index >= 15 is 0 Å². The molecular formula is C34H55N3O6. The molecule has 242 valence electrons. The Hall–Kier alpha value is -1.52. The molecular weight excluding hydrogens is 546 g/mol. The van der Waals surface area contributed by atoms with Crippen molar-refractivity contribution >= 4 is 11.8 Å². The van der Waals surface area contributed by atoms with Crippen molar-refractivity contribution in [2.45, 2.75) is 133 Å². The van der Waals surface area contributed by atoms with E-state index in [2.05, 4.69) is 42.8 Å². The highest BCUT2D eigenvalue weighted by atomic mass is 16.6. The fourth-order valence-electron chi connectivity index (χ4n) is 9.02. The van der Waals surface area contributed by atoms with E-state index in [1.165, 1.54) is 18.4 Å². The molecule has 7 rings (SSSR count). The van der Waals surface area contributed by atoms with Crippen molar-refractivity contribution in [3.63, 3.8) is 0 Å². The van der Waals surface area contributed by atoms with Gasteiger partial charge in [0.1, 0.15) is 5.60 Å². The highest BCUT2D eigenvalue weighted by molar-refractivity contribution is 5.87. The zero-order valence-electron chi connectivity index (χ0n) is 26.9. The summed E-state index contributed by atoms with van der Waals surface area (Å²) in [6, 6.07) is 0.417. The number of epoxide rings is 2. The van der Waals surface area contributed by atoms with E-state index in [1.54, 1.807) is 7.11 Å². The van der Waals surface area contributed by atoms with Gasteiger partial charge in [0, 0.05) is 43.1 Å². The Labute approximate surface area is 257 Å². The number of rotatable bonds is 13. The molecule has 9 nitrogen and oxygen atoms in total. The van der Waals surface area contributed by atoms with Gasteiger partial charge in [-0.3, -0.25) is 9.59 Å². The second-order valence-corrected chi connectivity index (χ2v) is 15.0. The number of methoxy groups -OCH3 is 1. The summed E-state index contributed by atoms with van der Waals surface area (Å²) in [6.45, 7) is 10.4. The number of hydrogen-bond donors (Lipinski definition) is 3. The summed E-state index contributed by atoms with van der Waals surface area (Å²) in [6.07, 6.45) is 12.8. The van der Waals surface area contributed by atoms with E-state index in [0.717, 1.165) is 84.0 Å². The fraction of sp³-hybridized carbons (Fsp3) is 0.882. The maximum absolute atomic E-state index is 14.0. The maximum Gasteiger partial charge on any atom is 0.226 e. The summed E-state index contributed by atoms with van der Waals surface area (Å²) < 4.78 is 24.4. The van der Waals surface area contributed by atoms with E-state index in [-0.39, 0.29) is 58.0 Å². The molecule has 3 aliphatic heterocycles. The smallest absolute Gasteiger partial charge is 0.226 e. The molecule has 7 fully saturated rings. The van der Waals surface area contributed by atoms with Gasteiger partial charge >= 0.3 is 0 Å². The van der Waals surface area contributed by atoms with Crippen LogP contribution in [0.3, 0.4) is 0 Å². The van der Waals surface area contributed by atoms with Crippen LogP contribution in [0.2, 0.25) is 0 Å². The Morgan fingerprint density at radius 3 is 2.33 bits per heavy atom. The van der Waals surface area contributed by atoms with Crippen LogP contribution in [0.1, 0.15) is 97.8 Å². The molecule has 7 atom stereocenters. The lowest BCUT2D eigenvalue weighted by Gasteiger charge is -2.52. The Kier molecular flexibility index (Phi) is 9.04. The molecule has 43 heavy (non-hydrogen) atoms. The quantitative estimate of drug-likeness (QED) is 0.167. The van der Waals surface area contributed by atoms with Gasteiger partial charge in [-0.15, -0.1) is 0 Å². The van der Waals surface area contributed by atoms with E-state index in [1.807, 2.05) is 0 Å². The number of allylic oxidation sites excluding steroid dienone is 1.